The minimum Gasteiger partial charge on any atom is -0.377 e. The highest BCUT2D eigenvalue weighted by Crippen LogP contribution is 2.42. The summed E-state index contributed by atoms with van der Waals surface area (Å²) in [5.74, 6) is 0.265. The average Bonchev–Trinajstić information content (AvgIpc) is 2.76. The lowest BCUT2D eigenvalue weighted by Gasteiger charge is -2.48. The highest BCUT2D eigenvalue weighted by Gasteiger charge is 2.49. The molecule has 0 amide bonds. The van der Waals surface area contributed by atoms with E-state index in [9.17, 15) is 5.26 Å². The molecule has 2 aliphatic rings. The summed E-state index contributed by atoms with van der Waals surface area (Å²) in [5, 5.41) is 18.2. The molecule has 2 atom stereocenters. The van der Waals surface area contributed by atoms with Crippen LogP contribution in [0.15, 0.2) is 12.8 Å². The van der Waals surface area contributed by atoms with E-state index in [1.165, 1.54) is 0 Å². The molecule has 4 nitrogen and oxygen atoms in total. The van der Waals surface area contributed by atoms with Crippen molar-refractivity contribution in [2.45, 2.75) is 31.2 Å². The van der Waals surface area contributed by atoms with E-state index in [0.717, 1.165) is 38.9 Å². The van der Waals surface area contributed by atoms with Gasteiger partial charge in [0.1, 0.15) is 0 Å². The number of hydrogen-bond acceptors (Lipinski definition) is 4. The summed E-state index contributed by atoms with van der Waals surface area (Å²) in [6.45, 7) is 6.46. The summed E-state index contributed by atoms with van der Waals surface area (Å²) in [4.78, 5) is 4.09. The molecule has 2 unspecified atom stereocenters. The highest BCUT2D eigenvalue weighted by atomic mass is 15.3. The minimum atomic E-state index is -0.0516. The van der Waals surface area contributed by atoms with Crippen LogP contribution < -0.4 is 0 Å². The maximum absolute atomic E-state index is 9.25. The molecule has 1 spiro atoms. The Morgan fingerprint density at radius 3 is 2.82 bits per heavy atom. The summed E-state index contributed by atoms with van der Waals surface area (Å²) in [6, 6.07) is 2.28. The first-order valence-corrected chi connectivity index (χ1v) is 6.18. The summed E-state index contributed by atoms with van der Waals surface area (Å²) in [5.41, 5.74) is -0.0516. The van der Waals surface area contributed by atoms with Gasteiger partial charge in [0, 0.05) is 32.0 Å². The van der Waals surface area contributed by atoms with Crippen LogP contribution in [0.3, 0.4) is 0 Å². The van der Waals surface area contributed by atoms with Crippen LogP contribution in [0.2, 0.25) is 0 Å². The summed E-state index contributed by atoms with van der Waals surface area (Å²) >= 11 is 0. The molecule has 0 radical (unpaired) electrons. The van der Waals surface area contributed by atoms with Crippen LogP contribution >= 0.6 is 0 Å². The minimum absolute atomic E-state index is 0.0516. The second kappa shape index (κ2) is 4.67. The SMILES string of the molecule is C=CN1CCC2(CCCN2C#N)C(CC#N)C1. The largest absolute Gasteiger partial charge is 0.377 e. The van der Waals surface area contributed by atoms with Gasteiger partial charge in [-0.05, 0) is 25.5 Å². The van der Waals surface area contributed by atoms with Crippen molar-refractivity contribution in [1.82, 2.24) is 9.80 Å². The van der Waals surface area contributed by atoms with E-state index in [2.05, 4.69) is 23.7 Å². The molecule has 2 rings (SSSR count). The van der Waals surface area contributed by atoms with Crippen LogP contribution in [-0.2, 0) is 0 Å². The molecule has 90 valence electrons. The quantitative estimate of drug-likeness (QED) is 0.677. The summed E-state index contributed by atoms with van der Waals surface area (Å²) < 4.78 is 0. The van der Waals surface area contributed by atoms with Crippen molar-refractivity contribution >= 4 is 0 Å². The summed E-state index contributed by atoms with van der Waals surface area (Å²) in [7, 11) is 0. The van der Waals surface area contributed by atoms with Gasteiger partial charge in [-0.15, -0.1) is 0 Å². The third kappa shape index (κ3) is 1.85. The Kier molecular flexibility index (Phi) is 3.24. The van der Waals surface area contributed by atoms with Crippen LogP contribution in [-0.4, -0.2) is 35.0 Å². The van der Waals surface area contributed by atoms with E-state index in [1.54, 1.807) is 0 Å². The van der Waals surface area contributed by atoms with Gasteiger partial charge >= 0.3 is 0 Å². The van der Waals surface area contributed by atoms with Gasteiger partial charge < -0.3 is 9.80 Å². The first-order valence-electron chi connectivity index (χ1n) is 6.18. The molecular weight excluding hydrogens is 212 g/mol. The van der Waals surface area contributed by atoms with Crippen LogP contribution in [0.5, 0.6) is 0 Å². The van der Waals surface area contributed by atoms with Gasteiger partial charge in [-0.3, -0.25) is 0 Å². The molecule has 17 heavy (non-hydrogen) atoms. The van der Waals surface area contributed by atoms with Gasteiger partial charge in [-0.25, -0.2) is 0 Å². The monoisotopic (exact) mass is 230 g/mol. The van der Waals surface area contributed by atoms with E-state index in [0.29, 0.717) is 6.42 Å². The van der Waals surface area contributed by atoms with Gasteiger partial charge in [-0.2, -0.15) is 10.5 Å². The Labute approximate surface area is 103 Å². The van der Waals surface area contributed by atoms with Crippen LogP contribution in [0.4, 0.5) is 0 Å². The van der Waals surface area contributed by atoms with E-state index >= 15 is 0 Å². The lowest BCUT2D eigenvalue weighted by molar-refractivity contribution is 0.0468. The molecule has 0 aromatic heterocycles. The molecule has 2 fully saturated rings. The molecule has 2 heterocycles. The highest BCUT2D eigenvalue weighted by molar-refractivity contribution is 5.10. The Morgan fingerprint density at radius 1 is 1.35 bits per heavy atom. The zero-order chi connectivity index (χ0) is 12.3. The lowest BCUT2D eigenvalue weighted by atomic mass is 9.74. The fourth-order valence-corrected chi connectivity index (χ4v) is 3.35. The normalized spacial score (nSPS) is 32.2. The number of nitrogens with zero attached hydrogens (tertiary/aromatic N) is 4. The van der Waals surface area contributed by atoms with Crippen molar-refractivity contribution in [1.29, 1.82) is 10.5 Å². The Balaban J connectivity index is 2.23. The van der Waals surface area contributed by atoms with Gasteiger partial charge in [0.15, 0.2) is 6.19 Å². The molecule has 0 N–H and O–H groups in total. The molecule has 0 saturated carbocycles. The number of rotatable bonds is 2. The van der Waals surface area contributed by atoms with Crippen molar-refractivity contribution in [2.24, 2.45) is 5.92 Å². The standard InChI is InChI=1S/C13H18N4/c1-2-16-9-6-13(12(10-16)4-7-14)5-3-8-17(13)11-15/h2,12H,1,3-6,8-10H2. The van der Waals surface area contributed by atoms with Crippen molar-refractivity contribution in [2.75, 3.05) is 19.6 Å². The molecule has 0 aliphatic carbocycles. The molecule has 2 saturated heterocycles. The zero-order valence-corrected chi connectivity index (χ0v) is 10.1. The fourth-order valence-electron chi connectivity index (χ4n) is 3.35. The van der Waals surface area contributed by atoms with Crippen LogP contribution in [0, 0.1) is 28.7 Å². The molecule has 2 aliphatic heterocycles. The van der Waals surface area contributed by atoms with Gasteiger partial charge in [0.05, 0.1) is 11.6 Å². The third-order valence-corrected chi connectivity index (χ3v) is 4.29. The topological polar surface area (TPSA) is 54.1 Å². The van der Waals surface area contributed by atoms with Crippen molar-refractivity contribution in [3.63, 3.8) is 0 Å². The molecule has 0 aromatic rings. The number of hydrogen-bond donors (Lipinski definition) is 0. The van der Waals surface area contributed by atoms with Crippen molar-refractivity contribution in [3.05, 3.63) is 12.8 Å². The van der Waals surface area contributed by atoms with Crippen molar-refractivity contribution in [3.8, 4) is 12.3 Å². The first-order chi connectivity index (χ1) is 8.26. The van der Waals surface area contributed by atoms with Crippen molar-refractivity contribution < 1.29 is 0 Å². The Bertz CT molecular complexity index is 378. The predicted molar refractivity (Wildman–Crippen MR) is 64.4 cm³/mol. The smallest absolute Gasteiger partial charge is 0.179 e. The van der Waals surface area contributed by atoms with E-state index in [1.807, 2.05) is 11.1 Å². The first kappa shape index (κ1) is 11.8. The van der Waals surface area contributed by atoms with E-state index in [4.69, 9.17) is 5.26 Å². The summed E-state index contributed by atoms with van der Waals surface area (Å²) in [6.07, 6.45) is 7.80. The predicted octanol–water partition coefficient (Wildman–Crippen LogP) is 1.68. The fraction of sp³-hybridized carbons (Fsp3) is 0.692. The molecule has 0 bridgehead atoms. The van der Waals surface area contributed by atoms with E-state index in [-0.39, 0.29) is 11.5 Å². The van der Waals surface area contributed by atoms with Gasteiger partial charge in [0.2, 0.25) is 0 Å². The Hall–Kier alpha value is -1.68. The molecular formula is C13H18N4. The average molecular weight is 230 g/mol. The van der Waals surface area contributed by atoms with Crippen LogP contribution in [0.25, 0.3) is 0 Å². The zero-order valence-electron chi connectivity index (χ0n) is 10.1. The van der Waals surface area contributed by atoms with Gasteiger partial charge in [0.25, 0.3) is 0 Å². The van der Waals surface area contributed by atoms with E-state index < -0.39 is 0 Å². The second-order valence-corrected chi connectivity index (χ2v) is 4.95. The Morgan fingerprint density at radius 2 is 2.18 bits per heavy atom. The second-order valence-electron chi connectivity index (χ2n) is 4.95. The molecule has 4 heteroatoms. The third-order valence-electron chi connectivity index (χ3n) is 4.29. The lowest BCUT2D eigenvalue weighted by Crippen LogP contribution is -2.56. The van der Waals surface area contributed by atoms with Gasteiger partial charge in [-0.1, -0.05) is 6.58 Å². The molecule has 0 aromatic carbocycles. The number of nitriles is 2. The maximum Gasteiger partial charge on any atom is 0.179 e. The number of likely N-dealkylation sites (tertiary alicyclic amines) is 2. The number of piperidine rings is 1. The maximum atomic E-state index is 9.25. The van der Waals surface area contributed by atoms with Crippen LogP contribution in [0.1, 0.15) is 25.7 Å².